The van der Waals surface area contributed by atoms with Crippen LogP contribution in [0.1, 0.15) is 5.82 Å². The first-order valence-corrected chi connectivity index (χ1v) is 6.25. The van der Waals surface area contributed by atoms with Crippen LogP contribution in [0.5, 0.6) is 11.5 Å². The molecule has 2 aromatic rings. The second kappa shape index (κ2) is 5.32. The SMILES string of the molecule is Fc1ccccc1Oc1cnc(CC2CNC2)nc1. The van der Waals surface area contributed by atoms with Gasteiger partial charge < -0.3 is 10.1 Å². The molecule has 1 saturated heterocycles. The summed E-state index contributed by atoms with van der Waals surface area (Å²) in [6.07, 6.45) is 4.04. The van der Waals surface area contributed by atoms with Crippen LogP contribution >= 0.6 is 0 Å². The number of hydrogen-bond donors (Lipinski definition) is 1. The van der Waals surface area contributed by atoms with E-state index in [9.17, 15) is 4.39 Å². The van der Waals surface area contributed by atoms with Gasteiger partial charge in [0.2, 0.25) is 0 Å². The molecule has 4 nitrogen and oxygen atoms in total. The molecule has 0 amide bonds. The van der Waals surface area contributed by atoms with Gasteiger partial charge in [0.25, 0.3) is 0 Å². The largest absolute Gasteiger partial charge is 0.451 e. The molecule has 3 rings (SSSR count). The summed E-state index contributed by atoms with van der Waals surface area (Å²) in [5.41, 5.74) is 0. The Morgan fingerprint density at radius 2 is 1.95 bits per heavy atom. The zero-order valence-corrected chi connectivity index (χ0v) is 10.3. The smallest absolute Gasteiger partial charge is 0.165 e. The van der Waals surface area contributed by atoms with Gasteiger partial charge in [-0.1, -0.05) is 12.1 Å². The summed E-state index contributed by atoms with van der Waals surface area (Å²) < 4.78 is 18.8. The van der Waals surface area contributed by atoms with Crippen LogP contribution in [0, 0.1) is 11.7 Å². The molecule has 2 heterocycles. The molecule has 1 aliphatic heterocycles. The van der Waals surface area contributed by atoms with E-state index < -0.39 is 5.82 Å². The van der Waals surface area contributed by atoms with Crippen molar-refractivity contribution in [3.63, 3.8) is 0 Å². The van der Waals surface area contributed by atoms with Gasteiger partial charge in [-0.25, -0.2) is 14.4 Å². The minimum Gasteiger partial charge on any atom is -0.451 e. The molecule has 0 saturated carbocycles. The average molecular weight is 259 g/mol. The van der Waals surface area contributed by atoms with E-state index in [4.69, 9.17) is 4.74 Å². The summed E-state index contributed by atoms with van der Waals surface area (Å²) in [4.78, 5) is 8.48. The van der Waals surface area contributed by atoms with Crippen molar-refractivity contribution in [2.24, 2.45) is 5.92 Å². The Hall–Kier alpha value is -2.01. The summed E-state index contributed by atoms with van der Waals surface area (Å²) >= 11 is 0. The molecule has 19 heavy (non-hydrogen) atoms. The second-order valence-electron chi connectivity index (χ2n) is 4.60. The lowest BCUT2D eigenvalue weighted by Gasteiger charge is -2.26. The van der Waals surface area contributed by atoms with Crippen LogP contribution in [0.25, 0.3) is 0 Å². The van der Waals surface area contributed by atoms with Crippen LogP contribution in [0.3, 0.4) is 0 Å². The molecule has 1 aromatic heterocycles. The molecule has 1 fully saturated rings. The summed E-state index contributed by atoms with van der Waals surface area (Å²) in [6.45, 7) is 2.05. The fourth-order valence-corrected chi connectivity index (χ4v) is 1.91. The second-order valence-corrected chi connectivity index (χ2v) is 4.60. The van der Waals surface area contributed by atoms with Gasteiger partial charge in [0.1, 0.15) is 5.82 Å². The number of para-hydroxylation sites is 1. The van der Waals surface area contributed by atoms with Crippen molar-refractivity contribution in [1.29, 1.82) is 0 Å². The zero-order chi connectivity index (χ0) is 13.1. The normalized spacial score (nSPS) is 15.0. The van der Waals surface area contributed by atoms with E-state index >= 15 is 0 Å². The number of nitrogens with zero attached hydrogens (tertiary/aromatic N) is 2. The lowest BCUT2D eigenvalue weighted by atomic mass is 9.99. The zero-order valence-electron chi connectivity index (χ0n) is 10.3. The predicted molar refractivity (Wildman–Crippen MR) is 68.6 cm³/mol. The fraction of sp³-hybridized carbons (Fsp3) is 0.286. The number of ether oxygens (including phenoxy) is 1. The molecule has 0 unspecified atom stereocenters. The highest BCUT2D eigenvalue weighted by Gasteiger charge is 2.18. The summed E-state index contributed by atoms with van der Waals surface area (Å²) in [6, 6.07) is 6.27. The molecule has 0 atom stereocenters. The van der Waals surface area contributed by atoms with Crippen LogP contribution in [0.2, 0.25) is 0 Å². The Bertz CT molecular complexity index is 555. The molecule has 5 heteroatoms. The Kier molecular flexibility index (Phi) is 3.37. The topological polar surface area (TPSA) is 47.0 Å². The summed E-state index contributed by atoms with van der Waals surface area (Å²) in [5.74, 6) is 1.65. The molecule has 1 aliphatic rings. The maximum absolute atomic E-state index is 13.4. The highest BCUT2D eigenvalue weighted by molar-refractivity contribution is 5.29. The van der Waals surface area contributed by atoms with Gasteiger partial charge in [0, 0.05) is 6.42 Å². The maximum Gasteiger partial charge on any atom is 0.165 e. The third-order valence-electron chi connectivity index (χ3n) is 3.08. The van der Waals surface area contributed by atoms with E-state index in [-0.39, 0.29) is 5.75 Å². The van der Waals surface area contributed by atoms with Crippen LogP contribution in [-0.2, 0) is 6.42 Å². The van der Waals surface area contributed by atoms with Gasteiger partial charge in [-0.3, -0.25) is 0 Å². The molecule has 1 aromatic carbocycles. The Balaban J connectivity index is 1.67. The number of benzene rings is 1. The van der Waals surface area contributed by atoms with Gasteiger partial charge >= 0.3 is 0 Å². The minimum absolute atomic E-state index is 0.182. The summed E-state index contributed by atoms with van der Waals surface area (Å²) in [7, 11) is 0. The number of nitrogens with one attached hydrogen (secondary N) is 1. The van der Waals surface area contributed by atoms with E-state index in [0.29, 0.717) is 11.7 Å². The molecule has 98 valence electrons. The van der Waals surface area contributed by atoms with Crippen LogP contribution in [-0.4, -0.2) is 23.1 Å². The molecule has 0 aliphatic carbocycles. The van der Waals surface area contributed by atoms with Gasteiger partial charge in [-0.2, -0.15) is 0 Å². The van der Waals surface area contributed by atoms with Crippen molar-refractivity contribution in [3.8, 4) is 11.5 Å². The van der Waals surface area contributed by atoms with Crippen molar-refractivity contribution >= 4 is 0 Å². The number of halogens is 1. The average Bonchev–Trinajstić information content (AvgIpc) is 2.38. The van der Waals surface area contributed by atoms with Gasteiger partial charge in [-0.05, 0) is 31.1 Å². The standard InChI is InChI=1S/C14H14FN3O/c15-12-3-1-2-4-13(12)19-11-8-17-14(18-9-11)5-10-6-16-7-10/h1-4,8-10,16H,5-7H2. The van der Waals surface area contributed by atoms with E-state index in [2.05, 4.69) is 15.3 Å². The van der Waals surface area contributed by atoms with Crippen molar-refractivity contribution in [1.82, 2.24) is 15.3 Å². The van der Waals surface area contributed by atoms with Crippen molar-refractivity contribution in [2.75, 3.05) is 13.1 Å². The third-order valence-corrected chi connectivity index (χ3v) is 3.08. The van der Waals surface area contributed by atoms with Crippen molar-refractivity contribution in [3.05, 3.63) is 48.3 Å². The fourth-order valence-electron chi connectivity index (χ4n) is 1.91. The molecule has 1 N–H and O–H groups in total. The van der Waals surface area contributed by atoms with E-state index in [1.165, 1.54) is 6.07 Å². The van der Waals surface area contributed by atoms with E-state index in [1.807, 2.05) is 0 Å². The number of aromatic nitrogens is 2. The monoisotopic (exact) mass is 259 g/mol. The van der Waals surface area contributed by atoms with Crippen molar-refractivity contribution in [2.45, 2.75) is 6.42 Å². The first kappa shape index (κ1) is 12.0. The highest BCUT2D eigenvalue weighted by atomic mass is 19.1. The minimum atomic E-state index is -0.396. The first-order valence-electron chi connectivity index (χ1n) is 6.25. The molecule has 0 bridgehead atoms. The highest BCUT2D eigenvalue weighted by Crippen LogP contribution is 2.22. The molecular formula is C14H14FN3O. The number of hydrogen-bond acceptors (Lipinski definition) is 4. The quantitative estimate of drug-likeness (QED) is 0.914. The molecule has 0 radical (unpaired) electrons. The maximum atomic E-state index is 13.4. The van der Waals surface area contributed by atoms with E-state index in [1.54, 1.807) is 30.6 Å². The first-order chi connectivity index (χ1) is 9.31. The van der Waals surface area contributed by atoms with Crippen molar-refractivity contribution < 1.29 is 9.13 Å². The van der Waals surface area contributed by atoms with Crippen LogP contribution in [0.4, 0.5) is 4.39 Å². The number of rotatable bonds is 4. The van der Waals surface area contributed by atoms with Crippen LogP contribution in [0.15, 0.2) is 36.7 Å². The predicted octanol–water partition coefficient (Wildman–Crippen LogP) is 2.17. The third kappa shape index (κ3) is 2.88. The Morgan fingerprint density at radius 3 is 2.58 bits per heavy atom. The van der Waals surface area contributed by atoms with Gasteiger partial charge in [0.05, 0.1) is 12.4 Å². The Morgan fingerprint density at radius 1 is 1.21 bits per heavy atom. The lowest BCUT2D eigenvalue weighted by molar-refractivity contribution is 0.340. The van der Waals surface area contributed by atoms with Gasteiger partial charge in [-0.15, -0.1) is 0 Å². The van der Waals surface area contributed by atoms with E-state index in [0.717, 1.165) is 25.3 Å². The van der Waals surface area contributed by atoms with Crippen LogP contribution < -0.4 is 10.1 Å². The Labute approximate surface area is 110 Å². The molecule has 0 spiro atoms. The lowest BCUT2D eigenvalue weighted by Crippen LogP contribution is -2.43. The van der Waals surface area contributed by atoms with Gasteiger partial charge in [0.15, 0.2) is 17.3 Å². The summed E-state index contributed by atoms with van der Waals surface area (Å²) in [5, 5.41) is 3.21. The molecular weight excluding hydrogens is 245 g/mol.